The van der Waals surface area contributed by atoms with Crippen LogP contribution in [0.25, 0.3) is 0 Å². The Labute approximate surface area is 76.9 Å². The summed E-state index contributed by atoms with van der Waals surface area (Å²) in [7, 11) is 1.59. The van der Waals surface area contributed by atoms with E-state index in [1.165, 1.54) is 0 Å². The lowest BCUT2D eigenvalue weighted by Gasteiger charge is -2.00. The van der Waals surface area contributed by atoms with E-state index in [4.69, 9.17) is 10.1 Å². The summed E-state index contributed by atoms with van der Waals surface area (Å²) in [6, 6.07) is 7.24. The number of rotatable bonds is 4. The Morgan fingerprint density at radius 3 is 2.54 bits per heavy atom. The van der Waals surface area contributed by atoms with Crippen molar-refractivity contribution >= 4 is 12.0 Å². The largest absolute Gasteiger partial charge is 0.497 e. The van der Waals surface area contributed by atoms with E-state index >= 15 is 0 Å². The highest BCUT2D eigenvalue weighted by atomic mass is 16.5. The maximum Gasteiger partial charge on any atom is 0.177 e. The second kappa shape index (κ2) is 4.40. The summed E-state index contributed by atoms with van der Waals surface area (Å²) in [5.41, 5.74) is 0.898. The molecule has 0 spiro atoms. The predicted molar refractivity (Wildman–Crippen MR) is 50.5 cm³/mol. The summed E-state index contributed by atoms with van der Waals surface area (Å²) in [5.74, 6) is 0.580. The zero-order valence-corrected chi connectivity index (χ0v) is 7.41. The minimum Gasteiger partial charge on any atom is -0.497 e. The first kappa shape index (κ1) is 9.45. The molecule has 13 heavy (non-hydrogen) atoms. The van der Waals surface area contributed by atoms with Crippen molar-refractivity contribution in [3.8, 4) is 5.75 Å². The lowest BCUT2D eigenvalue weighted by atomic mass is 10.1. The van der Waals surface area contributed by atoms with E-state index in [0.717, 1.165) is 17.5 Å². The average Bonchev–Trinajstić information content (AvgIpc) is 2.19. The standard InChI is InChI=1S/C10H11NO2/c1-13-10-4-2-8(3-5-10)6-9(12)7-11/h2-5,7,11H,6H2,1H3. The van der Waals surface area contributed by atoms with Crippen molar-refractivity contribution in [1.82, 2.24) is 0 Å². The first-order valence-electron chi connectivity index (χ1n) is 3.92. The molecule has 1 aromatic carbocycles. The van der Waals surface area contributed by atoms with E-state index in [1.54, 1.807) is 19.2 Å². The third-order valence-corrected chi connectivity index (χ3v) is 1.70. The molecule has 0 aliphatic rings. The summed E-state index contributed by atoms with van der Waals surface area (Å²) in [6.45, 7) is 0. The monoisotopic (exact) mass is 177 g/mol. The van der Waals surface area contributed by atoms with Crippen LogP contribution in [0.3, 0.4) is 0 Å². The number of carbonyl (C=O) groups excluding carboxylic acids is 1. The van der Waals surface area contributed by atoms with Gasteiger partial charge in [0.15, 0.2) is 5.78 Å². The molecule has 1 aromatic rings. The number of hydrogen-bond donors (Lipinski definition) is 1. The molecule has 0 radical (unpaired) electrons. The summed E-state index contributed by atoms with van der Waals surface area (Å²) >= 11 is 0. The van der Waals surface area contributed by atoms with E-state index in [9.17, 15) is 4.79 Å². The Morgan fingerprint density at radius 1 is 1.46 bits per heavy atom. The van der Waals surface area contributed by atoms with Crippen LogP contribution < -0.4 is 4.74 Å². The molecule has 0 aromatic heterocycles. The van der Waals surface area contributed by atoms with Gasteiger partial charge < -0.3 is 10.1 Å². The number of methoxy groups -OCH3 is 1. The Bertz CT molecular complexity index is 303. The fourth-order valence-electron chi connectivity index (χ4n) is 0.996. The van der Waals surface area contributed by atoms with Crippen molar-refractivity contribution in [3.05, 3.63) is 29.8 Å². The number of ketones is 1. The van der Waals surface area contributed by atoms with Crippen LogP contribution in [0, 0.1) is 5.41 Å². The van der Waals surface area contributed by atoms with E-state index in [0.29, 0.717) is 0 Å². The maximum absolute atomic E-state index is 10.9. The summed E-state index contributed by atoms with van der Waals surface area (Å²) < 4.78 is 4.97. The SMILES string of the molecule is COc1ccc(CC(=O)C=N)cc1. The van der Waals surface area contributed by atoms with Gasteiger partial charge in [0.1, 0.15) is 5.75 Å². The van der Waals surface area contributed by atoms with E-state index in [-0.39, 0.29) is 12.2 Å². The molecule has 1 N–H and O–H groups in total. The molecule has 0 saturated heterocycles. The summed E-state index contributed by atoms with van der Waals surface area (Å²) in [5, 5.41) is 6.74. The molecule has 0 atom stereocenters. The third-order valence-electron chi connectivity index (χ3n) is 1.70. The van der Waals surface area contributed by atoms with Crippen LogP contribution >= 0.6 is 0 Å². The quantitative estimate of drug-likeness (QED) is 0.708. The van der Waals surface area contributed by atoms with Crippen molar-refractivity contribution in [3.63, 3.8) is 0 Å². The lowest BCUT2D eigenvalue weighted by molar-refractivity contribution is -0.112. The van der Waals surface area contributed by atoms with Crippen LogP contribution in [0.15, 0.2) is 24.3 Å². The van der Waals surface area contributed by atoms with E-state index < -0.39 is 0 Å². The number of ether oxygens (including phenoxy) is 1. The maximum atomic E-state index is 10.9. The molecule has 68 valence electrons. The molecule has 1 rings (SSSR count). The number of Topliss-reactive ketones (excluding diaryl/α,β-unsaturated/α-hetero) is 1. The van der Waals surface area contributed by atoms with Crippen molar-refractivity contribution in [1.29, 1.82) is 5.41 Å². The van der Waals surface area contributed by atoms with Crippen LogP contribution in [-0.2, 0) is 11.2 Å². The predicted octanol–water partition coefficient (Wildman–Crippen LogP) is 1.46. The van der Waals surface area contributed by atoms with Gasteiger partial charge in [-0.3, -0.25) is 4.79 Å². The minimum absolute atomic E-state index is 0.190. The van der Waals surface area contributed by atoms with Crippen LogP contribution in [0.1, 0.15) is 5.56 Å². The Morgan fingerprint density at radius 2 is 2.08 bits per heavy atom. The van der Waals surface area contributed by atoms with Crippen LogP contribution in [0.4, 0.5) is 0 Å². The van der Waals surface area contributed by atoms with Crippen LogP contribution in [-0.4, -0.2) is 19.1 Å². The van der Waals surface area contributed by atoms with Crippen molar-refractivity contribution in [2.45, 2.75) is 6.42 Å². The average molecular weight is 177 g/mol. The smallest absolute Gasteiger partial charge is 0.177 e. The third kappa shape index (κ3) is 2.71. The van der Waals surface area contributed by atoms with Gasteiger partial charge in [-0.05, 0) is 17.7 Å². The first-order chi connectivity index (χ1) is 6.26. The zero-order valence-electron chi connectivity index (χ0n) is 7.41. The number of benzene rings is 1. The molecule has 0 fully saturated rings. The molecule has 3 heteroatoms. The molecule has 0 amide bonds. The Kier molecular flexibility index (Phi) is 3.20. The number of hydrogen-bond acceptors (Lipinski definition) is 3. The second-order valence-electron chi connectivity index (χ2n) is 2.64. The van der Waals surface area contributed by atoms with Crippen LogP contribution in [0.2, 0.25) is 0 Å². The fraction of sp³-hybridized carbons (Fsp3) is 0.200. The minimum atomic E-state index is -0.190. The highest BCUT2D eigenvalue weighted by Gasteiger charge is 1.99. The molecular formula is C10H11NO2. The molecule has 0 saturated carbocycles. The molecule has 0 aliphatic carbocycles. The molecular weight excluding hydrogens is 166 g/mol. The molecule has 0 heterocycles. The number of nitrogens with one attached hydrogen (secondary N) is 1. The summed E-state index contributed by atoms with van der Waals surface area (Å²) in [6.07, 6.45) is 1.12. The van der Waals surface area contributed by atoms with Crippen molar-refractivity contribution in [2.24, 2.45) is 0 Å². The normalized spacial score (nSPS) is 9.31. The van der Waals surface area contributed by atoms with Gasteiger partial charge in [0.05, 0.1) is 13.3 Å². The molecule has 3 nitrogen and oxygen atoms in total. The van der Waals surface area contributed by atoms with Gasteiger partial charge >= 0.3 is 0 Å². The molecule has 0 bridgehead atoms. The van der Waals surface area contributed by atoms with Gasteiger partial charge in [-0.25, -0.2) is 0 Å². The van der Waals surface area contributed by atoms with Crippen molar-refractivity contribution < 1.29 is 9.53 Å². The van der Waals surface area contributed by atoms with E-state index in [2.05, 4.69) is 0 Å². The highest BCUT2D eigenvalue weighted by molar-refractivity contribution is 6.26. The van der Waals surface area contributed by atoms with Crippen molar-refractivity contribution in [2.75, 3.05) is 7.11 Å². The molecule has 0 aliphatic heterocycles. The van der Waals surface area contributed by atoms with E-state index in [1.807, 2.05) is 12.1 Å². The fourth-order valence-corrected chi connectivity index (χ4v) is 0.996. The highest BCUT2D eigenvalue weighted by Crippen LogP contribution is 2.11. The molecule has 0 unspecified atom stereocenters. The number of carbonyl (C=O) groups is 1. The van der Waals surface area contributed by atoms with Gasteiger partial charge in [-0.15, -0.1) is 0 Å². The topological polar surface area (TPSA) is 50.2 Å². The van der Waals surface area contributed by atoms with Crippen LogP contribution in [0.5, 0.6) is 5.75 Å². The second-order valence-corrected chi connectivity index (χ2v) is 2.64. The van der Waals surface area contributed by atoms with Gasteiger partial charge in [-0.2, -0.15) is 0 Å². The van der Waals surface area contributed by atoms with Gasteiger partial charge in [-0.1, -0.05) is 12.1 Å². The van der Waals surface area contributed by atoms with Gasteiger partial charge in [0, 0.05) is 6.42 Å². The first-order valence-corrected chi connectivity index (χ1v) is 3.92. The summed E-state index contributed by atoms with van der Waals surface area (Å²) in [4.78, 5) is 10.9. The Hall–Kier alpha value is -1.64. The van der Waals surface area contributed by atoms with Gasteiger partial charge in [0.2, 0.25) is 0 Å². The zero-order chi connectivity index (χ0) is 9.68. The van der Waals surface area contributed by atoms with Gasteiger partial charge in [0.25, 0.3) is 0 Å². The lowest BCUT2D eigenvalue weighted by Crippen LogP contribution is -2.02. The Balaban J connectivity index is 2.69.